The van der Waals surface area contributed by atoms with Crippen molar-refractivity contribution in [1.82, 2.24) is 10.6 Å². The highest BCUT2D eigenvalue weighted by molar-refractivity contribution is 5.97. The molecule has 0 saturated carbocycles. The summed E-state index contributed by atoms with van der Waals surface area (Å²) in [4.78, 5) is 35.6. The summed E-state index contributed by atoms with van der Waals surface area (Å²) in [5, 5.41) is 19.6. The molecule has 154 valence electrons. The van der Waals surface area contributed by atoms with Crippen LogP contribution in [-0.2, 0) is 4.79 Å². The number of hydrogen-bond donors (Lipinski definition) is 3. The second kappa shape index (κ2) is 10.8. The quantitative estimate of drug-likeness (QED) is 0.323. The molecule has 8 heteroatoms. The van der Waals surface area contributed by atoms with E-state index in [9.17, 15) is 19.7 Å². The van der Waals surface area contributed by atoms with Gasteiger partial charge in [-0.05, 0) is 24.1 Å². The van der Waals surface area contributed by atoms with Gasteiger partial charge in [0.25, 0.3) is 11.6 Å². The summed E-state index contributed by atoms with van der Waals surface area (Å²) in [7, 11) is 0. The predicted molar refractivity (Wildman–Crippen MR) is 112 cm³/mol. The summed E-state index contributed by atoms with van der Waals surface area (Å²) in [6.07, 6.45) is 0.724. The van der Waals surface area contributed by atoms with Gasteiger partial charge < -0.3 is 16.0 Å². The largest absolute Gasteiger partial charge is 0.378 e. The van der Waals surface area contributed by atoms with Crippen molar-refractivity contribution < 1.29 is 14.5 Å². The zero-order valence-corrected chi connectivity index (χ0v) is 16.6. The molecule has 0 aliphatic rings. The van der Waals surface area contributed by atoms with Gasteiger partial charge in [0.2, 0.25) is 5.91 Å². The number of carbonyl (C=O) groups is 2. The minimum atomic E-state index is -0.668. The monoisotopic (exact) mass is 398 g/mol. The Balaban J connectivity index is 1.91. The zero-order valence-electron chi connectivity index (χ0n) is 16.6. The molecule has 0 spiro atoms. The van der Waals surface area contributed by atoms with Crippen LogP contribution >= 0.6 is 0 Å². The average Bonchev–Trinajstić information content (AvgIpc) is 2.74. The third-order valence-electron chi connectivity index (χ3n) is 4.66. The van der Waals surface area contributed by atoms with Crippen LogP contribution in [0, 0.1) is 16.0 Å². The predicted octanol–water partition coefficient (Wildman–Crippen LogP) is 2.97. The number of para-hydroxylation sites is 2. The number of nitro benzene ring substituents is 1. The van der Waals surface area contributed by atoms with Gasteiger partial charge >= 0.3 is 0 Å². The lowest BCUT2D eigenvalue weighted by Gasteiger charge is -2.23. The lowest BCUT2D eigenvalue weighted by atomic mass is 9.98. The smallest absolute Gasteiger partial charge is 0.292 e. The Bertz CT molecular complexity index is 842. The lowest BCUT2D eigenvalue weighted by molar-refractivity contribution is -0.384. The SMILES string of the molecule is CCC(C)C(NC(=O)c1ccccc1)C(=O)NCCNc1ccccc1[N+](=O)[O-]. The summed E-state index contributed by atoms with van der Waals surface area (Å²) >= 11 is 0. The number of hydrogen-bond acceptors (Lipinski definition) is 5. The maximum Gasteiger partial charge on any atom is 0.292 e. The highest BCUT2D eigenvalue weighted by Gasteiger charge is 2.26. The van der Waals surface area contributed by atoms with Crippen molar-refractivity contribution in [1.29, 1.82) is 0 Å². The fourth-order valence-electron chi connectivity index (χ4n) is 2.79. The molecule has 2 aromatic carbocycles. The van der Waals surface area contributed by atoms with Crippen molar-refractivity contribution in [2.24, 2.45) is 5.92 Å². The van der Waals surface area contributed by atoms with Crippen LogP contribution in [0.1, 0.15) is 30.6 Å². The molecular formula is C21H26N4O4. The molecule has 0 aromatic heterocycles. The Morgan fingerprint density at radius 3 is 2.34 bits per heavy atom. The molecule has 2 unspecified atom stereocenters. The standard InChI is InChI=1S/C21H26N4O4/c1-3-15(2)19(24-20(26)16-9-5-4-6-10-16)21(27)23-14-13-22-17-11-7-8-12-18(17)25(28)29/h4-12,15,19,22H,3,13-14H2,1-2H3,(H,23,27)(H,24,26). The Morgan fingerprint density at radius 1 is 1.03 bits per heavy atom. The van der Waals surface area contributed by atoms with Crippen molar-refractivity contribution in [2.75, 3.05) is 18.4 Å². The first-order valence-corrected chi connectivity index (χ1v) is 9.55. The van der Waals surface area contributed by atoms with Gasteiger partial charge in [0.15, 0.2) is 0 Å². The van der Waals surface area contributed by atoms with Gasteiger partial charge in [0.1, 0.15) is 11.7 Å². The van der Waals surface area contributed by atoms with Gasteiger partial charge in [-0.1, -0.05) is 50.6 Å². The highest BCUT2D eigenvalue weighted by atomic mass is 16.6. The number of benzene rings is 2. The van der Waals surface area contributed by atoms with E-state index in [1.54, 1.807) is 42.5 Å². The number of carbonyl (C=O) groups excluding carboxylic acids is 2. The zero-order chi connectivity index (χ0) is 21.2. The first kappa shape index (κ1) is 21.9. The van der Waals surface area contributed by atoms with Gasteiger partial charge in [-0.25, -0.2) is 0 Å². The van der Waals surface area contributed by atoms with Crippen molar-refractivity contribution in [3.63, 3.8) is 0 Å². The van der Waals surface area contributed by atoms with Gasteiger partial charge in [0.05, 0.1) is 4.92 Å². The van der Waals surface area contributed by atoms with Crippen molar-refractivity contribution >= 4 is 23.2 Å². The fourth-order valence-corrected chi connectivity index (χ4v) is 2.79. The molecule has 2 amide bonds. The lowest BCUT2D eigenvalue weighted by Crippen LogP contribution is -2.50. The Kier molecular flexibility index (Phi) is 8.14. The van der Waals surface area contributed by atoms with E-state index in [1.165, 1.54) is 6.07 Å². The molecule has 2 aromatic rings. The number of nitrogens with zero attached hydrogens (tertiary/aromatic N) is 1. The van der Waals surface area contributed by atoms with Crippen molar-refractivity contribution in [3.8, 4) is 0 Å². The minimum absolute atomic E-state index is 0.0218. The van der Waals surface area contributed by atoms with Crippen LogP contribution in [-0.4, -0.2) is 35.9 Å². The molecule has 0 fully saturated rings. The average molecular weight is 398 g/mol. The number of rotatable bonds is 10. The molecule has 0 aliphatic carbocycles. The number of amides is 2. The van der Waals surface area contributed by atoms with Crippen LogP contribution in [0.25, 0.3) is 0 Å². The first-order chi connectivity index (χ1) is 13.9. The molecule has 2 atom stereocenters. The molecule has 0 heterocycles. The summed E-state index contributed by atoms with van der Waals surface area (Å²) in [5.74, 6) is -0.636. The maximum absolute atomic E-state index is 12.6. The summed E-state index contributed by atoms with van der Waals surface area (Å²) in [6, 6.07) is 14.4. The molecule has 29 heavy (non-hydrogen) atoms. The van der Waals surface area contributed by atoms with Crippen LogP contribution in [0.2, 0.25) is 0 Å². The van der Waals surface area contributed by atoms with Crippen LogP contribution in [0.5, 0.6) is 0 Å². The van der Waals surface area contributed by atoms with E-state index in [0.717, 1.165) is 6.42 Å². The van der Waals surface area contributed by atoms with Gasteiger partial charge in [-0.15, -0.1) is 0 Å². The molecule has 2 rings (SSSR count). The van der Waals surface area contributed by atoms with E-state index in [4.69, 9.17) is 0 Å². The Labute approximate surface area is 169 Å². The first-order valence-electron chi connectivity index (χ1n) is 9.55. The topological polar surface area (TPSA) is 113 Å². The number of nitrogens with one attached hydrogen (secondary N) is 3. The molecule has 0 bridgehead atoms. The molecule has 0 saturated heterocycles. The molecule has 0 aliphatic heterocycles. The number of nitro groups is 1. The Morgan fingerprint density at radius 2 is 1.69 bits per heavy atom. The number of anilines is 1. The van der Waals surface area contributed by atoms with E-state index in [1.807, 2.05) is 19.9 Å². The summed E-state index contributed by atoms with van der Waals surface area (Å²) in [6.45, 7) is 4.44. The van der Waals surface area contributed by atoms with E-state index in [2.05, 4.69) is 16.0 Å². The summed E-state index contributed by atoms with van der Waals surface area (Å²) in [5.41, 5.74) is 0.862. The van der Waals surface area contributed by atoms with E-state index in [-0.39, 0.29) is 30.0 Å². The van der Waals surface area contributed by atoms with Crippen LogP contribution in [0.4, 0.5) is 11.4 Å². The highest BCUT2D eigenvalue weighted by Crippen LogP contribution is 2.22. The van der Waals surface area contributed by atoms with Crippen LogP contribution in [0.15, 0.2) is 54.6 Å². The normalized spacial score (nSPS) is 12.5. The van der Waals surface area contributed by atoms with Crippen molar-refractivity contribution in [3.05, 3.63) is 70.3 Å². The summed E-state index contributed by atoms with van der Waals surface area (Å²) < 4.78 is 0. The molecule has 8 nitrogen and oxygen atoms in total. The van der Waals surface area contributed by atoms with Gasteiger partial charge in [-0.3, -0.25) is 19.7 Å². The second-order valence-corrected chi connectivity index (χ2v) is 6.69. The Hall–Kier alpha value is -3.42. The van der Waals surface area contributed by atoms with E-state index < -0.39 is 11.0 Å². The van der Waals surface area contributed by atoms with Gasteiger partial charge in [0, 0.05) is 24.7 Å². The maximum atomic E-state index is 12.6. The molecular weight excluding hydrogens is 372 g/mol. The van der Waals surface area contributed by atoms with Crippen molar-refractivity contribution in [2.45, 2.75) is 26.3 Å². The molecule has 3 N–H and O–H groups in total. The van der Waals surface area contributed by atoms with E-state index in [0.29, 0.717) is 17.8 Å². The van der Waals surface area contributed by atoms with E-state index >= 15 is 0 Å². The van der Waals surface area contributed by atoms with Crippen LogP contribution < -0.4 is 16.0 Å². The second-order valence-electron chi connectivity index (χ2n) is 6.69. The fraction of sp³-hybridized carbons (Fsp3) is 0.333. The molecule has 0 radical (unpaired) electrons. The van der Waals surface area contributed by atoms with Crippen LogP contribution in [0.3, 0.4) is 0 Å². The minimum Gasteiger partial charge on any atom is -0.378 e. The third-order valence-corrected chi connectivity index (χ3v) is 4.66. The third kappa shape index (κ3) is 6.31. The van der Waals surface area contributed by atoms with Gasteiger partial charge in [-0.2, -0.15) is 0 Å².